The van der Waals surface area contributed by atoms with E-state index < -0.39 is 6.36 Å². The molecule has 1 atom stereocenters. The molecule has 0 bridgehead atoms. The summed E-state index contributed by atoms with van der Waals surface area (Å²) in [6.45, 7) is 1.97. The number of anilines is 2. The molecule has 1 unspecified atom stereocenters. The molecule has 1 N–H and O–H groups in total. The highest BCUT2D eigenvalue weighted by atomic mass is 19.4. The monoisotopic (exact) mass is 419 g/mol. The molecule has 1 saturated heterocycles. The Morgan fingerprint density at radius 1 is 1.20 bits per heavy atom. The Labute approximate surface area is 173 Å². The number of rotatable bonds is 6. The zero-order valence-corrected chi connectivity index (χ0v) is 16.8. The van der Waals surface area contributed by atoms with Crippen LogP contribution in [0.25, 0.3) is 6.08 Å². The fraction of sp³-hybridized carbons (Fsp3) is 0.318. The Balaban J connectivity index is 1.56. The van der Waals surface area contributed by atoms with Gasteiger partial charge in [0.15, 0.2) is 0 Å². The second-order valence-corrected chi connectivity index (χ2v) is 7.34. The van der Waals surface area contributed by atoms with E-state index in [1.54, 1.807) is 6.07 Å². The first kappa shape index (κ1) is 21.7. The van der Waals surface area contributed by atoms with Crippen LogP contribution in [-0.4, -0.2) is 50.4 Å². The normalized spacial score (nSPS) is 17.0. The first-order valence-electron chi connectivity index (χ1n) is 9.56. The number of likely N-dealkylation sites (N-methyl/N-ethyl adjacent to an activating group) is 1. The van der Waals surface area contributed by atoms with E-state index in [9.17, 15) is 18.0 Å². The first-order chi connectivity index (χ1) is 14.2. The standard InChI is InChI=1S/C22H24F3N3O2/c1-27(2)19-12-13-28(15-19)18-9-7-17(8-10-18)26-21(29)11-6-16-4-3-5-20(14-16)30-22(23,24)25/h3-11,14,19H,12-13,15H2,1-2H3,(H,26,29). The van der Waals surface area contributed by atoms with E-state index in [-0.39, 0.29) is 11.7 Å². The van der Waals surface area contributed by atoms with Gasteiger partial charge in [0.05, 0.1) is 0 Å². The molecule has 5 nitrogen and oxygen atoms in total. The van der Waals surface area contributed by atoms with Gasteiger partial charge >= 0.3 is 6.36 Å². The van der Waals surface area contributed by atoms with Crippen LogP contribution < -0.4 is 15.0 Å². The molecule has 1 heterocycles. The molecular weight excluding hydrogens is 395 g/mol. The average Bonchev–Trinajstić information content (AvgIpc) is 3.16. The minimum atomic E-state index is -4.76. The summed E-state index contributed by atoms with van der Waals surface area (Å²) in [5.74, 6) is -0.710. The van der Waals surface area contributed by atoms with Crippen molar-refractivity contribution in [3.63, 3.8) is 0 Å². The zero-order chi connectivity index (χ0) is 21.7. The lowest BCUT2D eigenvalue weighted by molar-refractivity contribution is -0.274. The topological polar surface area (TPSA) is 44.8 Å². The van der Waals surface area contributed by atoms with E-state index >= 15 is 0 Å². The van der Waals surface area contributed by atoms with Gasteiger partial charge in [0.1, 0.15) is 5.75 Å². The van der Waals surface area contributed by atoms with Gasteiger partial charge in [-0.2, -0.15) is 0 Å². The average molecular weight is 419 g/mol. The molecule has 1 aliphatic heterocycles. The van der Waals surface area contributed by atoms with Gasteiger partial charge in [-0.1, -0.05) is 12.1 Å². The van der Waals surface area contributed by atoms with E-state index in [0.29, 0.717) is 17.3 Å². The van der Waals surface area contributed by atoms with Crippen molar-refractivity contribution in [2.75, 3.05) is 37.4 Å². The third-order valence-electron chi connectivity index (χ3n) is 4.91. The van der Waals surface area contributed by atoms with Crippen molar-refractivity contribution < 1.29 is 22.7 Å². The number of alkyl halides is 3. The zero-order valence-electron chi connectivity index (χ0n) is 16.8. The van der Waals surface area contributed by atoms with Crippen LogP contribution in [0.3, 0.4) is 0 Å². The molecule has 2 aromatic carbocycles. The number of hydrogen-bond acceptors (Lipinski definition) is 4. The molecule has 0 radical (unpaired) electrons. The van der Waals surface area contributed by atoms with Crippen molar-refractivity contribution in [2.45, 2.75) is 18.8 Å². The van der Waals surface area contributed by atoms with Gasteiger partial charge in [-0.15, -0.1) is 13.2 Å². The summed E-state index contributed by atoms with van der Waals surface area (Å²) in [6.07, 6.45) is -0.943. The molecule has 30 heavy (non-hydrogen) atoms. The Morgan fingerprint density at radius 3 is 2.57 bits per heavy atom. The Kier molecular flexibility index (Phi) is 6.66. The van der Waals surface area contributed by atoms with Crippen molar-refractivity contribution in [1.82, 2.24) is 4.90 Å². The van der Waals surface area contributed by atoms with Crippen molar-refractivity contribution in [3.05, 3.63) is 60.2 Å². The summed E-state index contributed by atoms with van der Waals surface area (Å²) >= 11 is 0. The van der Waals surface area contributed by atoms with E-state index in [0.717, 1.165) is 25.2 Å². The molecule has 0 aliphatic carbocycles. The Morgan fingerprint density at radius 2 is 1.93 bits per heavy atom. The molecule has 1 fully saturated rings. The minimum Gasteiger partial charge on any atom is -0.406 e. The van der Waals surface area contributed by atoms with Crippen LogP contribution in [0.4, 0.5) is 24.5 Å². The lowest BCUT2D eigenvalue weighted by atomic mass is 10.2. The molecule has 1 amide bonds. The number of hydrogen-bond donors (Lipinski definition) is 1. The molecule has 0 saturated carbocycles. The SMILES string of the molecule is CN(C)C1CCN(c2ccc(NC(=O)C=Cc3cccc(OC(F)(F)F)c3)cc2)C1. The van der Waals surface area contributed by atoms with Gasteiger partial charge in [0, 0.05) is 36.6 Å². The maximum absolute atomic E-state index is 12.3. The van der Waals surface area contributed by atoms with Gasteiger partial charge in [0.25, 0.3) is 0 Å². The number of carbonyl (C=O) groups excluding carboxylic acids is 1. The second-order valence-electron chi connectivity index (χ2n) is 7.34. The second kappa shape index (κ2) is 9.21. The Hall–Kier alpha value is -3.00. The van der Waals surface area contributed by atoms with Crippen LogP contribution in [0.5, 0.6) is 5.75 Å². The summed E-state index contributed by atoms with van der Waals surface area (Å²) < 4.78 is 40.8. The van der Waals surface area contributed by atoms with E-state index in [2.05, 4.69) is 33.9 Å². The number of nitrogens with one attached hydrogen (secondary N) is 1. The summed E-state index contributed by atoms with van der Waals surface area (Å²) in [6, 6.07) is 13.6. The third kappa shape index (κ3) is 6.25. The summed E-state index contributed by atoms with van der Waals surface area (Å²) in [5, 5.41) is 2.75. The van der Waals surface area contributed by atoms with Crippen LogP contribution in [0, 0.1) is 0 Å². The molecule has 0 aromatic heterocycles. The summed E-state index contributed by atoms with van der Waals surface area (Å²) in [5.41, 5.74) is 2.17. The lowest BCUT2D eigenvalue weighted by Crippen LogP contribution is -2.31. The number of nitrogens with zero attached hydrogens (tertiary/aromatic N) is 2. The molecule has 2 aromatic rings. The van der Waals surface area contributed by atoms with Crippen LogP contribution >= 0.6 is 0 Å². The highest BCUT2D eigenvalue weighted by Crippen LogP contribution is 2.25. The number of benzene rings is 2. The van der Waals surface area contributed by atoms with Gasteiger partial charge in [-0.3, -0.25) is 4.79 Å². The summed E-state index contributed by atoms with van der Waals surface area (Å²) in [4.78, 5) is 16.7. The quantitative estimate of drug-likeness (QED) is 0.706. The first-order valence-corrected chi connectivity index (χ1v) is 9.56. The number of ether oxygens (including phenoxy) is 1. The predicted octanol–water partition coefficient (Wildman–Crippen LogP) is 4.38. The van der Waals surface area contributed by atoms with Gasteiger partial charge in [-0.05, 0) is 68.6 Å². The summed E-state index contributed by atoms with van der Waals surface area (Å²) in [7, 11) is 4.17. The van der Waals surface area contributed by atoms with E-state index in [1.165, 1.54) is 30.4 Å². The molecule has 1 aliphatic rings. The van der Waals surface area contributed by atoms with E-state index in [1.807, 2.05) is 24.3 Å². The maximum Gasteiger partial charge on any atom is 0.573 e. The van der Waals surface area contributed by atoms with Crippen LogP contribution in [0.1, 0.15) is 12.0 Å². The number of carbonyl (C=O) groups is 1. The minimum absolute atomic E-state index is 0.334. The lowest BCUT2D eigenvalue weighted by Gasteiger charge is -2.22. The predicted molar refractivity (Wildman–Crippen MR) is 112 cm³/mol. The number of halogens is 3. The third-order valence-corrected chi connectivity index (χ3v) is 4.91. The van der Waals surface area contributed by atoms with Crippen molar-refractivity contribution in [1.29, 1.82) is 0 Å². The van der Waals surface area contributed by atoms with Crippen molar-refractivity contribution >= 4 is 23.4 Å². The molecule has 160 valence electrons. The maximum atomic E-state index is 12.3. The van der Waals surface area contributed by atoms with Crippen molar-refractivity contribution in [3.8, 4) is 5.75 Å². The molecule has 8 heteroatoms. The van der Waals surface area contributed by atoms with Gasteiger partial charge in [-0.25, -0.2) is 0 Å². The van der Waals surface area contributed by atoms with Gasteiger partial charge < -0.3 is 19.9 Å². The molecule has 3 rings (SSSR count). The van der Waals surface area contributed by atoms with Crippen molar-refractivity contribution in [2.24, 2.45) is 0 Å². The van der Waals surface area contributed by atoms with Gasteiger partial charge in [0.2, 0.25) is 5.91 Å². The van der Waals surface area contributed by atoms with Crippen LogP contribution in [0.2, 0.25) is 0 Å². The van der Waals surface area contributed by atoms with Crippen LogP contribution in [0.15, 0.2) is 54.6 Å². The largest absolute Gasteiger partial charge is 0.573 e. The highest BCUT2D eigenvalue weighted by molar-refractivity contribution is 6.02. The Bertz CT molecular complexity index is 895. The van der Waals surface area contributed by atoms with Crippen LogP contribution in [-0.2, 0) is 4.79 Å². The smallest absolute Gasteiger partial charge is 0.406 e. The molecule has 0 spiro atoms. The molecular formula is C22H24F3N3O2. The fourth-order valence-electron chi connectivity index (χ4n) is 3.32. The highest BCUT2D eigenvalue weighted by Gasteiger charge is 2.31. The fourth-order valence-corrected chi connectivity index (χ4v) is 3.32. The van der Waals surface area contributed by atoms with E-state index in [4.69, 9.17) is 0 Å². The number of amides is 1.